The highest BCUT2D eigenvalue weighted by atomic mass is 32.1. The van der Waals surface area contributed by atoms with Gasteiger partial charge in [-0.05, 0) is 54.4 Å². The highest BCUT2D eigenvalue weighted by Crippen LogP contribution is 2.39. The van der Waals surface area contributed by atoms with Gasteiger partial charge in [0.15, 0.2) is 11.5 Å². The Bertz CT molecular complexity index is 966. The van der Waals surface area contributed by atoms with Crippen molar-refractivity contribution < 1.29 is 14.2 Å². The molecule has 2 heterocycles. The van der Waals surface area contributed by atoms with Crippen molar-refractivity contribution >= 4 is 11.3 Å². The van der Waals surface area contributed by atoms with Crippen LogP contribution < -0.4 is 14.2 Å². The van der Waals surface area contributed by atoms with E-state index in [2.05, 4.69) is 36.1 Å². The molecule has 0 amide bonds. The number of thiophene rings is 1. The molecule has 0 bridgehead atoms. The van der Waals surface area contributed by atoms with E-state index < -0.39 is 0 Å². The molecule has 0 fully saturated rings. The molecule has 0 N–H and O–H groups in total. The van der Waals surface area contributed by atoms with Gasteiger partial charge in [-0.15, -0.1) is 11.3 Å². The average Bonchev–Trinajstić information content (AvgIpc) is 3.01. The fourth-order valence-electron chi connectivity index (χ4n) is 3.58. The van der Waals surface area contributed by atoms with Crippen LogP contribution in [0.4, 0.5) is 0 Å². The van der Waals surface area contributed by atoms with Crippen LogP contribution in [0, 0.1) is 6.92 Å². The van der Waals surface area contributed by atoms with Gasteiger partial charge in [0.2, 0.25) is 0 Å². The molecule has 4 rings (SSSR count). The second-order valence-corrected chi connectivity index (χ2v) is 8.34. The zero-order chi connectivity index (χ0) is 19.5. The summed E-state index contributed by atoms with van der Waals surface area (Å²) in [5.41, 5.74) is 3.36. The van der Waals surface area contributed by atoms with Gasteiger partial charge in [0.25, 0.3) is 0 Å². The molecule has 0 aliphatic carbocycles. The maximum absolute atomic E-state index is 6.09. The number of nitrogens with zero attached hydrogens (tertiary/aromatic N) is 1. The fraction of sp³-hybridized carbons (Fsp3) is 0.304. The van der Waals surface area contributed by atoms with Gasteiger partial charge in [-0.25, -0.2) is 0 Å². The predicted octanol–water partition coefficient (Wildman–Crippen LogP) is 5.14. The lowest BCUT2D eigenvalue weighted by Gasteiger charge is -2.19. The Morgan fingerprint density at radius 3 is 2.68 bits per heavy atom. The molecule has 0 radical (unpaired) electrons. The van der Waals surface area contributed by atoms with Crippen molar-refractivity contribution in [2.24, 2.45) is 0 Å². The van der Waals surface area contributed by atoms with E-state index in [1.165, 1.54) is 9.75 Å². The number of hydrogen-bond donors (Lipinski definition) is 0. The number of benzene rings is 2. The van der Waals surface area contributed by atoms with Gasteiger partial charge in [-0.2, -0.15) is 0 Å². The molecule has 1 aromatic heterocycles. The molecule has 1 aliphatic heterocycles. The van der Waals surface area contributed by atoms with Crippen LogP contribution in [0.5, 0.6) is 17.2 Å². The summed E-state index contributed by atoms with van der Waals surface area (Å²) in [6.45, 7) is 5.48. The summed E-state index contributed by atoms with van der Waals surface area (Å²) in [5, 5.41) is 0. The van der Waals surface area contributed by atoms with E-state index in [-0.39, 0.29) is 0 Å². The number of fused-ring (bicyclic) bond motifs is 1. The zero-order valence-corrected chi connectivity index (χ0v) is 17.3. The third-order valence-electron chi connectivity index (χ3n) is 4.98. The second kappa shape index (κ2) is 8.25. The number of ether oxygens (including phenoxy) is 3. The smallest absolute Gasteiger partial charge is 0.165 e. The third kappa shape index (κ3) is 4.01. The summed E-state index contributed by atoms with van der Waals surface area (Å²) in [5.74, 6) is 2.49. The lowest BCUT2D eigenvalue weighted by Crippen LogP contribution is -2.24. The predicted molar refractivity (Wildman–Crippen MR) is 114 cm³/mol. The Labute approximate surface area is 170 Å². The number of rotatable bonds is 5. The maximum Gasteiger partial charge on any atom is 0.165 e. The minimum Gasteiger partial charge on any atom is -0.497 e. The molecule has 1 aliphatic rings. The van der Waals surface area contributed by atoms with Crippen LogP contribution in [0.25, 0.3) is 11.1 Å². The van der Waals surface area contributed by atoms with Gasteiger partial charge in [0.1, 0.15) is 12.4 Å². The molecule has 5 heteroatoms. The van der Waals surface area contributed by atoms with Crippen LogP contribution in [-0.2, 0) is 13.1 Å². The maximum atomic E-state index is 6.09. The van der Waals surface area contributed by atoms with Crippen molar-refractivity contribution in [1.29, 1.82) is 0 Å². The first kappa shape index (κ1) is 18.8. The van der Waals surface area contributed by atoms with Crippen LogP contribution in [0.2, 0.25) is 0 Å². The van der Waals surface area contributed by atoms with E-state index >= 15 is 0 Å². The first-order valence-corrected chi connectivity index (χ1v) is 10.2. The van der Waals surface area contributed by atoms with Crippen LogP contribution in [0.15, 0.2) is 48.5 Å². The highest BCUT2D eigenvalue weighted by Gasteiger charge is 2.21. The highest BCUT2D eigenvalue weighted by molar-refractivity contribution is 7.11. The molecule has 146 valence electrons. The quantitative estimate of drug-likeness (QED) is 0.599. The van der Waals surface area contributed by atoms with Crippen LogP contribution in [0.3, 0.4) is 0 Å². The molecule has 0 unspecified atom stereocenters. The molecule has 2 aromatic carbocycles. The molecule has 0 spiro atoms. The molecule has 0 atom stereocenters. The van der Waals surface area contributed by atoms with Crippen molar-refractivity contribution in [3.63, 3.8) is 0 Å². The fourth-order valence-corrected chi connectivity index (χ4v) is 4.52. The molecule has 28 heavy (non-hydrogen) atoms. The first-order chi connectivity index (χ1) is 13.7. The van der Waals surface area contributed by atoms with Crippen LogP contribution in [-0.4, -0.2) is 32.3 Å². The monoisotopic (exact) mass is 395 g/mol. The van der Waals surface area contributed by atoms with Crippen LogP contribution in [0.1, 0.15) is 15.3 Å². The summed E-state index contributed by atoms with van der Waals surface area (Å²) < 4.78 is 17.2. The average molecular weight is 396 g/mol. The minimum absolute atomic E-state index is 0.659. The van der Waals surface area contributed by atoms with E-state index in [4.69, 9.17) is 14.2 Å². The standard InChI is InChI=1S/C23H25NO3S/c1-16-7-8-21(28-16)15-24-9-10-27-23-19(14-24)11-18(13-22(23)26-3)17-5-4-6-20(12-17)25-2/h4-8,11-13H,9-10,14-15H2,1-3H3. The van der Waals surface area contributed by atoms with Crippen molar-refractivity contribution in [3.8, 4) is 28.4 Å². The number of hydrogen-bond acceptors (Lipinski definition) is 5. The SMILES string of the molecule is COc1cccc(-c2cc3c(c(OC)c2)OCCN(Cc2ccc(C)s2)C3)c1. The van der Waals surface area contributed by atoms with Crippen molar-refractivity contribution in [1.82, 2.24) is 4.90 Å². The normalized spacial score (nSPS) is 14.1. The lowest BCUT2D eigenvalue weighted by molar-refractivity contribution is 0.218. The summed E-state index contributed by atoms with van der Waals surface area (Å²) in [7, 11) is 3.39. The Morgan fingerprint density at radius 1 is 1.04 bits per heavy atom. The largest absolute Gasteiger partial charge is 0.497 e. The van der Waals surface area contributed by atoms with Crippen molar-refractivity contribution in [3.05, 3.63) is 63.8 Å². The minimum atomic E-state index is 0.659. The van der Waals surface area contributed by atoms with Gasteiger partial charge in [-0.1, -0.05) is 12.1 Å². The zero-order valence-electron chi connectivity index (χ0n) is 16.5. The van der Waals surface area contributed by atoms with E-state index in [0.29, 0.717) is 6.61 Å². The summed E-state index contributed by atoms with van der Waals surface area (Å²) in [6.07, 6.45) is 0. The van der Waals surface area contributed by atoms with E-state index in [1.54, 1.807) is 14.2 Å². The van der Waals surface area contributed by atoms with Gasteiger partial charge in [-0.3, -0.25) is 4.90 Å². The van der Waals surface area contributed by atoms with Crippen molar-refractivity contribution in [2.75, 3.05) is 27.4 Å². The summed E-state index contributed by atoms with van der Waals surface area (Å²) in [4.78, 5) is 5.17. The Hall–Kier alpha value is -2.50. The Kier molecular flexibility index (Phi) is 5.55. The van der Waals surface area contributed by atoms with Gasteiger partial charge in [0, 0.05) is 35.0 Å². The summed E-state index contributed by atoms with van der Waals surface area (Å²) in [6, 6.07) is 16.8. The van der Waals surface area contributed by atoms with E-state index in [1.807, 2.05) is 35.6 Å². The third-order valence-corrected chi connectivity index (χ3v) is 5.96. The van der Waals surface area contributed by atoms with Crippen LogP contribution >= 0.6 is 11.3 Å². The van der Waals surface area contributed by atoms with Gasteiger partial charge in [0.05, 0.1) is 14.2 Å². The summed E-state index contributed by atoms with van der Waals surface area (Å²) >= 11 is 1.86. The number of aryl methyl sites for hydroxylation is 1. The molecular formula is C23H25NO3S. The lowest BCUT2D eigenvalue weighted by atomic mass is 10.0. The molecule has 3 aromatic rings. The van der Waals surface area contributed by atoms with E-state index in [0.717, 1.165) is 53.6 Å². The number of methoxy groups -OCH3 is 2. The molecule has 4 nitrogen and oxygen atoms in total. The molecule has 0 saturated carbocycles. The van der Waals surface area contributed by atoms with Gasteiger partial charge < -0.3 is 14.2 Å². The van der Waals surface area contributed by atoms with Crippen molar-refractivity contribution in [2.45, 2.75) is 20.0 Å². The Morgan fingerprint density at radius 2 is 1.93 bits per heavy atom. The first-order valence-electron chi connectivity index (χ1n) is 9.42. The Balaban J connectivity index is 1.67. The molecule has 0 saturated heterocycles. The molecular weight excluding hydrogens is 370 g/mol. The van der Waals surface area contributed by atoms with E-state index in [9.17, 15) is 0 Å². The second-order valence-electron chi connectivity index (χ2n) is 6.97. The van der Waals surface area contributed by atoms with Gasteiger partial charge >= 0.3 is 0 Å². The topological polar surface area (TPSA) is 30.9 Å².